The van der Waals surface area contributed by atoms with Crippen LogP contribution in [0.4, 0.5) is 4.79 Å². The fourth-order valence-corrected chi connectivity index (χ4v) is 2.52. The average Bonchev–Trinajstić information content (AvgIpc) is 2.71. The summed E-state index contributed by atoms with van der Waals surface area (Å²) in [6.45, 7) is 1.19. The lowest BCUT2D eigenvalue weighted by Gasteiger charge is -2.04. The van der Waals surface area contributed by atoms with E-state index in [0.29, 0.717) is 13.1 Å². The summed E-state index contributed by atoms with van der Waals surface area (Å²) < 4.78 is 3.48. The first-order chi connectivity index (χ1) is 10.1. The molecule has 0 bridgehead atoms. The molecule has 0 atom stereocenters. The molecule has 0 saturated heterocycles. The van der Waals surface area contributed by atoms with E-state index in [4.69, 9.17) is 5.11 Å². The predicted octanol–water partition coefficient (Wildman–Crippen LogP) is 2.17. The normalized spacial score (nSPS) is 10.9. The number of nitrogens with one attached hydrogen (secondary N) is 1. The van der Waals surface area contributed by atoms with Gasteiger partial charge in [0.2, 0.25) is 0 Å². The Morgan fingerprint density at radius 1 is 1.14 bits per heavy atom. The Bertz CT molecular complexity index is 672. The van der Waals surface area contributed by atoms with Gasteiger partial charge in [-0.15, -0.1) is 0 Å². The van der Waals surface area contributed by atoms with Gasteiger partial charge in [0.05, 0.1) is 11.0 Å². The van der Waals surface area contributed by atoms with Crippen LogP contribution in [0.3, 0.4) is 0 Å². The van der Waals surface area contributed by atoms with Crippen molar-refractivity contribution < 1.29 is 9.90 Å². The van der Waals surface area contributed by atoms with Gasteiger partial charge >= 0.3 is 11.8 Å². The number of unbranched alkanes of at least 4 members (excludes halogenated alkanes) is 3. The maximum absolute atomic E-state index is 12.2. The number of aromatic nitrogens is 2. The number of aryl methyl sites for hydroxylation is 2. The molecule has 0 saturated carbocycles. The zero-order valence-electron chi connectivity index (χ0n) is 12.2. The minimum Gasteiger partial charge on any atom is -0.465 e. The van der Waals surface area contributed by atoms with Crippen molar-refractivity contribution in [2.45, 2.75) is 32.2 Å². The monoisotopic (exact) mass is 291 g/mol. The SMILES string of the molecule is Cn1c(=O)n(CCCCCCNC(=O)O)c2ccccc21. The number of fused-ring (bicyclic) bond motifs is 1. The maximum Gasteiger partial charge on any atom is 0.404 e. The van der Waals surface area contributed by atoms with Crippen LogP contribution in [0.5, 0.6) is 0 Å². The number of carboxylic acid groups (broad SMARTS) is 1. The van der Waals surface area contributed by atoms with Crippen LogP contribution in [-0.4, -0.2) is 26.9 Å². The van der Waals surface area contributed by atoms with E-state index in [1.54, 1.807) is 11.6 Å². The van der Waals surface area contributed by atoms with E-state index in [2.05, 4.69) is 5.32 Å². The van der Waals surface area contributed by atoms with Gasteiger partial charge in [-0.2, -0.15) is 0 Å². The summed E-state index contributed by atoms with van der Waals surface area (Å²) in [6.07, 6.45) is 2.71. The third-order valence-electron chi connectivity index (χ3n) is 3.64. The number of nitrogens with zero attached hydrogens (tertiary/aromatic N) is 2. The van der Waals surface area contributed by atoms with E-state index in [0.717, 1.165) is 36.7 Å². The second kappa shape index (κ2) is 6.97. The minimum absolute atomic E-state index is 0.0174. The third-order valence-corrected chi connectivity index (χ3v) is 3.64. The molecule has 6 heteroatoms. The lowest BCUT2D eigenvalue weighted by Crippen LogP contribution is -2.22. The van der Waals surface area contributed by atoms with Crippen LogP contribution in [-0.2, 0) is 13.6 Å². The summed E-state index contributed by atoms with van der Waals surface area (Å²) >= 11 is 0. The Labute approximate surface area is 123 Å². The van der Waals surface area contributed by atoms with Crippen molar-refractivity contribution in [3.8, 4) is 0 Å². The van der Waals surface area contributed by atoms with E-state index in [-0.39, 0.29) is 5.69 Å². The quantitative estimate of drug-likeness (QED) is 0.768. The van der Waals surface area contributed by atoms with Crippen molar-refractivity contribution in [3.63, 3.8) is 0 Å². The lowest BCUT2D eigenvalue weighted by molar-refractivity contribution is 0.194. The molecule has 2 rings (SSSR count). The number of benzene rings is 1. The summed E-state index contributed by atoms with van der Waals surface area (Å²) in [7, 11) is 1.79. The summed E-state index contributed by atoms with van der Waals surface area (Å²) in [4.78, 5) is 22.5. The van der Waals surface area contributed by atoms with Gasteiger partial charge in [0.25, 0.3) is 0 Å². The fraction of sp³-hybridized carbons (Fsp3) is 0.467. The second-order valence-electron chi connectivity index (χ2n) is 5.13. The van der Waals surface area contributed by atoms with Gasteiger partial charge in [0, 0.05) is 20.1 Å². The molecular weight excluding hydrogens is 270 g/mol. The molecule has 0 unspecified atom stereocenters. The molecule has 0 fully saturated rings. The standard InChI is InChI=1S/C15H21N3O3/c1-17-12-8-4-5-9-13(12)18(15(17)21)11-7-3-2-6-10-16-14(19)20/h4-5,8-9,16H,2-3,6-7,10-11H2,1H3,(H,19,20). The molecule has 6 nitrogen and oxygen atoms in total. The molecule has 2 aromatic rings. The van der Waals surface area contributed by atoms with Gasteiger partial charge in [0.1, 0.15) is 0 Å². The molecule has 21 heavy (non-hydrogen) atoms. The zero-order chi connectivity index (χ0) is 15.2. The molecule has 1 heterocycles. The zero-order valence-corrected chi connectivity index (χ0v) is 12.2. The van der Waals surface area contributed by atoms with Gasteiger partial charge in [-0.25, -0.2) is 9.59 Å². The molecule has 114 valence electrons. The topological polar surface area (TPSA) is 76.3 Å². The first-order valence-corrected chi connectivity index (χ1v) is 7.22. The molecule has 2 N–H and O–H groups in total. The van der Waals surface area contributed by atoms with Crippen LogP contribution < -0.4 is 11.0 Å². The molecule has 0 aliphatic rings. The van der Waals surface area contributed by atoms with Crippen LogP contribution in [0.2, 0.25) is 0 Å². The van der Waals surface area contributed by atoms with E-state index in [1.165, 1.54) is 0 Å². The van der Waals surface area contributed by atoms with Gasteiger partial charge in [-0.3, -0.25) is 9.13 Å². The van der Waals surface area contributed by atoms with Crippen molar-refractivity contribution in [1.29, 1.82) is 0 Å². The van der Waals surface area contributed by atoms with Gasteiger partial charge in [-0.1, -0.05) is 25.0 Å². The summed E-state index contributed by atoms with van der Waals surface area (Å²) in [5.41, 5.74) is 1.94. The first kappa shape index (κ1) is 15.2. The lowest BCUT2D eigenvalue weighted by atomic mass is 10.2. The minimum atomic E-state index is -0.975. The Balaban J connectivity index is 1.85. The second-order valence-corrected chi connectivity index (χ2v) is 5.13. The number of amides is 1. The molecule has 1 amide bonds. The number of para-hydroxylation sites is 2. The summed E-state index contributed by atoms with van der Waals surface area (Å²) in [6, 6.07) is 7.79. The smallest absolute Gasteiger partial charge is 0.404 e. The van der Waals surface area contributed by atoms with Crippen molar-refractivity contribution in [3.05, 3.63) is 34.7 Å². The van der Waals surface area contributed by atoms with Crippen LogP contribution in [0.1, 0.15) is 25.7 Å². The molecular formula is C15H21N3O3. The Kier molecular flexibility index (Phi) is 5.03. The highest BCUT2D eigenvalue weighted by molar-refractivity contribution is 5.75. The number of rotatable bonds is 7. The van der Waals surface area contributed by atoms with Gasteiger partial charge in [-0.05, 0) is 25.0 Å². The Morgan fingerprint density at radius 3 is 2.52 bits per heavy atom. The van der Waals surface area contributed by atoms with Crippen LogP contribution >= 0.6 is 0 Å². The molecule has 1 aromatic heterocycles. The number of hydrogen-bond donors (Lipinski definition) is 2. The average molecular weight is 291 g/mol. The predicted molar refractivity (Wildman–Crippen MR) is 81.7 cm³/mol. The van der Waals surface area contributed by atoms with Crippen molar-refractivity contribution in [1.82, 2.24) is 14.5 Å². The van der Waals surface area contributed by atoms with E-state index in [1.807, 2.05) is 28.8 Å². The molecule has 0 aliphatic heterocycles. The van der Waals surface area contributed by atoms with E-state index in [9.17, 15) is 9.59 Å². The van der Waals surface area contributed by atoms with Gasteiger partial charge < -0.3 is 10.4 Å². The Morgan fingerprint density at radius 2 is 1.81 bits per heavy atom. The van der Waals surface area contributed by atoms with Crippen LogP contribution in [0.25, 0.3) is 11.0 Å². The fourth-order valence-electron chi connectivity index (χ4n) is 2.52. The van der Waals surface area contributed by atoms with Crippen LogP contribution in [0, 0.1) is 0 Å². The Hall–Kier alpha value is -2.24. The number of imidazole rings is 1. The molecule has 0 aliphatic carbocycles. The molecule has 0 radical (unpaired) electrons. The van der Waals surface area contributed by atoms with E-state index < -0.39 is 6.09 Å². The highest BCUT2D eigenvalue weighted by Gasteiger charge is 2.08. The summed E-state index contributed by atoms with van der Waals surface area (Å²) in [5, 5.41) is 10.8. The highest BCUT2D eigenvalue weighted by Crippen LogP contribution is 2.12. The number of hydrogen-bond acceptors (Lipinski definition) is 2. The highest BCUT2D eigenvalue weighted by atomic mass is 16.4. The van der Waals surface area contributed by atoms with E-state index >= 15 is 0 Å². The van der Waals surface area contributed by atoms with Crippen molar-refractivity contribution in [2.75, 3.05) is 6.54 Å². The molecule has 0 spiro atoms. The first-order valence-electron chi connectivity index (χ1n) is 7.22. The van der Waals surface area contributed by atoms with Gasteiger partial charge in [0.15, 0.2) is 0 Å². The van der Waals surface area contributed by atoms with Crippen molar-refractivity contribution >= 4 is 17.1 Å². The molecule has 1 aromatic carbocycles. The van der Waals surface area contributed by atoms with Crippen molar-refractivity contribution in [2.24, 2.45) is 7.05 Å². The summed E-state index contributed by atoms with van der Waals surface area (Å²) in [5.74, 6) is 0. The third kappa shape index (κ3) is 3.65. The maximum atomic E-state index is 12.2. The largest absolute Gasteiger partial charge is 0.465 e. The number of carbonyl (C=O) groups is 1. The van der Waals surface area contributed by atoms with Crippen LogP contribution in [0.15, 0.2) is 29.1 Å².